The molecule has 2 N–H and O–H groups in total. The summed E-state index contributed by atoms with van der Waals surface area (Å²) in [4.78, 5) is 20.6. The van der Waals surface area contributed by atoms with Gasteiger partial charge in [0.05, 0.1) is 12.4 Å². The number of amides is 1. The second-order valence-electron chi connectivity index (χ2n) is 5.41. The molecule has 1 heterocycles. The lowest BCUT2D eigenvalue weighted by atomic mass is 10.1. The lowest BCUT2D eigenvalue weighted by Gasteiger charge is -2.10. The molecule has 1 amide bonds. The maximum atomic E-state index is 12.2. The van der Waals surface area contributed by atoms with Crippen molar-refractivity contribution in [1.29, 1.82) is 0 Å². The van der Waals surface area contributed by atoms with Crippen LogP contribution in [-0.2, 0) is 0 Å². The van der Waals surface area contributed by atoms with Crippen LogP contribution in [0, 0.1) is 13.8 Å². The Hall–Kier alpha value is -2.43. The average molecular weight is 282 g/mol. The molecule has 0 saturated heterocycles. The number of carbonyl (C=O) groups excluding carboxylic acids is 1. The largest absolute Gasteiger partial charge is 0.366 e. The van der Waals surface area contributed by atoms with E-state index in [-0.39, 0.29) is 5.91 Å². The van der Waals surface area contributed by atoms with E-state index in [1.54, 1.807) is 6.20 Å². The Morgan fingerprint density at radius 2 is 2.00 bits per heavy atom. The molecule has 3 rings (SSSR count). The molecular formula is C16H18N4O. The molecule has 1 fully saturated rings. The van der Waals surface area contributed by atoms with E-state index in [1.807, 2.05) is 32.0 Å². The van der Waals surface area contributed by atoms with E-state index in [0.29, 0.717) is 11.7 Å². The van der Waals surface area contributed by atoms with Crippen LogP contribution in [-0.4, -0.2) is 21.9 Å². The third-order valence-electron chi connectivity index (χ3n) is 3.67. The second kappa shape index (κ2) is 5.52. The molecule has 5 nitrogen and oxygen atoms in total. The van der Waals surface area contributed by atoms with Gasteiger partial charge in [0, 0.05) is 11.7 Å². The Labute approximate surface area is 123 Å². The first-order valence-corrected chi connectivity index (χ1v) is 7.09. The third kappa shape index (κ3) is 3.18. The molecule has 0 unspecified atom stereocenters. The zero-order valence-corrected chi connectivity index (χ0v) is 12.2. The van der Waals surface area contributed by atoms with Gasteiger partial charge in [-0.2, -0.15) is 0 Å². The molecule has 1 aromatic carbocycles. The van der Waals surface area contributed by atoms with Crippen molar-refractivity contribution in [3.8, 4) is 0 Å². The van der Waals surface area contributed by atoms with Crippen LogP contribution in [0.2, 0.25) is 0 Å². The van der Waals surface area contributed by atoms with Crippen LogP contribution < -0.4 is 10.6 Å². The predicted molar refractivity (Wildman–Crippen MR) is 82.5 cm³/mol. The Morgan fingerprint density at radius 1 is 1.19 bits per heavy atom. The molecule has 2 aromatic rings. The summed E-state index contributed by atoms with van der Waals surface area (Å²) in [5.74, 6) is 0.481. The SMILES string of the molecule is Cc1cccc(NC(=O)c2cnc(NC3CC3)cn2)c1C. The fourth-order valence-corrected chi connectivity index (χ4v) is 2.03. The van der Waals surface area contributed by atoms with Crippen LogP contribution in [0.25, 0.3) is 0 Å². The summed E-state index contributed by atoms with van der Waals surface area (Å²) in [5, 5.41) is 6.12. The molecule has 1 aliphatic rings. The van der Waals surface area contributed by atoms with E-state index >= 15 is 0 Å². The van der Waals surface area contributed by atoms with Crippen LogP contribution >= 0.6 is 0 Å². The van der Waals surface area contributed by atoms with Crippen LogP contribution in [0.3, 0.4) is 0 Å². The summed E-state index contributed by atoms with van der Waals surface area (Å²) in [6, 6.07) is 6.35. The molecule has 0 radical (unpaired) electrons. The third-order valence-corrected chi connectivity index (χ3v) is 3.67. The minimum absolute atomic E-state index is 0.242. The quantitative estimate of drug-likeness (QED) is 0.904. The van der Waals surface area contributed by atoms with Crippen LogP contribution in [0.15, 0.2) is 30.6 Å². The zero-order chi connectivity index (χ0) is 14.8. The van der Waals surface area contributed by atoms with Crippen molar-refractivity contribution < 1.29 is 4.79 Å². The van der Waals surface area contributed by atoms with E-state index in [9.17, 15) is 4.79 Å². The number of carbonyl (C=O) groups is 1. The molecule has 21 heavy (non-hydrogen) atoms. The van der Waals surface area contributed by atoms with Gasteiger partial charge in [-0.25, -0.2) is 9.97 Å². The van der Waals surface area contributed by atoms with Gasteiger partial charge in [0.25, 0.3) is 5.91 Å². The molecule has 0 atom stereocenters. The number of aryl methyl sites for hydroxylation is 1. The Bertz CT molecular complexity index is 662. The molecule has 5 heteroatoms. The summed E-state index contributed by atoms with van der Waals surface area (Å²) in [7, 11) is 0. The minimum atomic E-state index is -0.242. The van der Waals surface area contributed by atoms with Crippen molar-refractivity contribution in [1.82, 2.24) is 9.97 Å². The van der Waals surface area contributed by atoms with Crippen molar-refractivity contribution in [3.63, 3.8) is 0 Å². The van der Waals surface area contributed by atoms with Gasteiger partial charge in [-0.1, -0.05) is 12.1 Å². The molecule has 0 bridgehead atoms. The summed E-state index contributed by atoms with van der Waals surface area (Å²) in [6.07, 6.45) is 5.47. The summed E-state index contributed by atoms with van der Waals surface area (Å²) < 4.78 is 0. The van der Waals surface area contributed by atoms with Gasteiger partial charge in [0.1, 0.15) is 11.5 Å². The molecule has 108 valence electrons. The smallest absolute Gasteiger partial charge is 0.275 e. The van der Waals surface area contributed by atoms with Gasteiger partial charge >= 0.3 is 0 Å². The van der Waals surface area contributed by atoms with Gasteiger partial charge in [0.15, 0.2) is 0 Å². The second-order valence-corrected chi connectivity index (χ2v) is 5.41. The standard InChI is InChI=1S/C16H18N4O/c1-10-4-3-5-13(11(10)2)20-16(21)14-8-18-15(9-17-14)19-12-6-7-12/h3-5,8-9,12H,6-7H2,1-2H3,(H,18,19)(H,20,21). The van der Waals surface area contributed by atoms with Crippen molar-refractivity contribution >= 4 is 17.4 Å². The van der Waals surface area contributed by atoms with Crippen molar-refractivity contribution in [3.05, 3.63) is 47.4 Å². The van der Waals surface area contributed by atoms with Crippen LogP contribution in [0.4, 0.5) is 11.5 Å². The number of hydrogen-bond donors (Lipinski definition) is 2. The zero-order valence-electron chi connectivity index (χ0n) is 12.2. The van der Waals surface area contributed by atoms with Crippen molar-refractivity contribution in [2.45, 2.75) is 32.7 Å². The van der Waals surface area contributed by atoms with E-state index in [1.165, 1.54) is 19.0 Å². The first-order chi connectivity index (χ1) is 10.1. The first kappa shape index (κ1) is 13.5. The lowest BCUT2D eigenvalue weighted by Crippen LogP contribution is -2.15. The minimum Gasteiger partial charge on any atom is -0.366 e. The van der Waals surface area contributed by atoms with E-state index < -0.39 is 0 Å². The maximum Gasteiger partial charge on any atom is 0.275 e. The van der Waals surface area contributed by atoms with Gasteiger partial charge < -0.3 is 10.6 Å². The van der Waals surface area contributed by atoms with Gasteiger partial charge in [0.2, 0.25) is 0 Å². The highest BCUT2D eigenvalue weighted by Gasteiger charge is 2.21. The fraction of sp³-hybridized carbons (Fsp3) is 0.312. The highest BCUT2D eigenvalue weighted by atomic mass is 16.1. The molecule has 1 saturated carbocycles. The Balaban J connectivity index is 1.70. The number of anilines is 2. The average Bonchev–Trinajstić information content (AvgIpc) is 3.28. The topological polar surface area (TPSA) is 66.9 Å². The maximum absolute atomic E-state index is 12.2. The normalized spacial score (nSPS) is 13.8. The predicted octanol–water partition coefficient (Wildman–Crippen LogP) is 2.92. The molecule has 0 aliphatic heterocycles. The number of nitrogens with zero attached hydrogens (tertiary/aromatic N) is 2. The monoisotopic (exact) mass is 282 g/mol. The van der Waals surface area contributed by atoms with E-state index in [4.69, 9.17) is 0 Å². The number of hydrogen-bond acceptors (Lipinski definition) is 4. The fourth-order valence-electron chi connectivity index (χ4n) is 2.03. The number of benzene rings is 1. The van der Waals surface area contributed by atoms with Gasteiger partial charge in [-0.05, 0) is 43.9 Å². The molecule has 0 spiro atoms. The van der Waals surface area contributed by atoms with Crippen molar-refractivity contribution in [2.24, 2.45) is 0 Å². The first-order valence-electron chi connectivity index (χ1n) is 7.09. The van der Waals surface area contributed by atoms with E-state index in [2.05, 4.69) is 20.6 Å². The highest BCUT2D eigenvalue weighted by molar-refractivity contribution is 6.03. The van der Waals surface area contributed by atoms with Crippen LogP contribution in [0.1, 0.15) is 34.5 Å². The summed E-state index contributed by atoms with van der Waals surface area (Å²) in [6.45, 7) is 4.00. The van der Waals surface area contributed by atoms with E-state index in [0.717, 1.165) is 22.6 Å². The van der Waals surface area contributed by atoms with Gasteiger partial charge in [-0.15, -0.1) is 0 Å². The van der Waals surface area contributed by atoms with Crippen molar-refractivity contribution in [2.75, 3.05) is 10.6 Å². The number of rotatable bonds is 4. The Morgan fingerprint density at radius 3 is 2.67 bits per heavy atom. The summed E-state index contributed by atoms with van der Waals surface area (Å²) in [5.41, 5.74) is 3.33. The molecule has 1 aromatic heterocycles. The number of nitrogens with one attached hydrogen (secondary N) is 2. The molecule has 1 aliphatic carbocycles. The van der Waals surface area contributed by atoms with Gasteiger partial charge in [-0.3, -0.25) is 4.79 Å². The lowest BCUT2D eigenvalue weighted by molar-refractivity contribution is 0.102. The van der Waals surface area contributed by atoms with Crippen LogP contribution in [0.5, 0.6) is 0 Å². The Kier molecular flexibility index (Phi) is 3.56. The highest BCUT2D eigenvalue weighted by Crippen LogP contribution is 2.23. The summed E-state index contributed by atoms with van der Waals surface area (Å²) >= 11 is 0. The number of aromatic nitrogens is 2. The molecular weight excluding hydrogens is 264 g/mol.